The molecule has 1 aromatic heterocycles. The van der Waals surface area contributed by atoms with E-state index in [2.05, 4.69) is 15.6 Å². The summed E-state index contributed by atoms with van der Waals surface area (Å²) in [6.07, 6.45) is 0.506. The van der Waals surface area contributed by atoms with E-state index < -0.39 is 0 Å². The molecule has 2 rings (SSSR count). The van der Waals surface area contributed by atoms with E-state index in [1.165, 1.54) is 0 Å². The first-order valence-corrected chi connectivity index (χ1v) is 6.71. The molecule has 20 heavy (non-hydrogen) atoms. The maximum Gasteiger partial charge on any atom is 0.314 e. The Bertz CT molecular complexity index is 661. The van der Waals surface area contributed by atoms with E-state index in [1.807, 2.05) is 44.2 Å². The molecule has 0 saturated heterocycles. The van der Waals surface area contributed by atoms with Crippen molar-refractivity contribution < 1.29 is 4.79 Å². The fraction of sp³-hybridized carbons (Fsp3) is 0.333. The number of aromatic amines is 1. The van der Waals surface area contributed by atoms with Gasteiger partial charge in [-0.2, -0.15) is 0 Å². The molecule has 1 heterocycles. The number of carbonyl (C=O) groups excluding carboxylic acids is 1. The van der Waals surface area contributed by atoms with Gasteiger partial charge in [-0.15, -0.1) is 0 Å². The van der Waals surface area contributed by atoms with Crippen molar-refractivity contribution in [1.82, 2.24) is 15.6 Å². The second-order valence-corrected chi connectivity index (χ2v) is 5.02. The third-order valence-electron chi connectivity index (χ3n) is 2.93. The minimum absolute atomic E-state index is 0.0964. The van der Waals surface area contributed by atoms with E-state index in [0.29, 0.717) is 18.5 Å². The van der Waals surface area contributed by atoms with Crippen LogP contribution in [-0.2, 0) is 6.42 Å². The second-order valence-electron chi connectivity index (χ2n) is 5.02. The number of carbonyl (C=O) groups is 1. The predicted molar refractivity (Wildman–Crippen MR) is 79.9 cm³/mol. The molecule has 5 heteroatoms. The number of H-pyrrole nitrogens is 1. The lowest BCUT2D eigenvalue weighted by Crippen LogP contribution is -2.40. The lowest BCUT2D eigenvalue weighted by Gasteiger charge is -2.10. The molecule has 0 spiro atoms. The monoisotopic (exact) mass is 273 g/mol. The number of benzene rings is 1. The first-order valence-electron chi connectivity index (χ1n) is 6.71. The molecule has 0 aliphatic heterocycles. The van der Waals surface area contributed by atoms with Crippen LogP contribution >= 0.6 is 0 Å². The Kier molecular flexibility index (Phi) is 4.40. The Hall–Kier alpha value is -2.30. The van der Waals surface area contributed by atoms with Crippen molar-refractivity contribution >= 4 is 16.9 Å². The van der Waals surface area contributed by atoms with Gasteiger partial charge >= 0.3 is 6.03 Å². The van der Waals surface area contributed by atoms with Crippen LogP contribution in [0.15, 0.2) is 35.1 Å². The summed E-state index contributed by atoms with van der Waals surface area (Å²) in [5.74, 6) is 0. The van der Waals surface area contributed by atoms with Gasteiger partial charge in [0, 0.05) is 23.7 Å². The fourth-order valence-corrected chi connectivity index (χ4v) is 2.00. The van der Waals surface area contributed by atoms with E-state index in [1.54, 1.807) is 0 Å². The van der Waals surface area contributed by atoms with Crippen molar-refractivity contribution in [3.63, 3.8) is 0 Å². The van der Waals surface area contributed by atoms with Crippen molar-refractivity contribution in [3.05, 3.63) is 46.2 Å². The van der Waals surface area contributed by atoms with Crippen LogP contribution in [0.4, 0.5) is 4.79 Å². The normalized spacial score (nSPS) is 10.8. The summed E-state index contributed by atoms with van der Waals surface area (Å²) in [6.45, 7) is 4.22. The zero-order valence-electron chi connectivity index (χ0n) is 11.7. The Labute approximate surface area is 117 Å². The van der Waals surface area contributed by atoms with Gasteiger partial charge in [-0.3, -0.25) is 4.79 Å². The van der Waals surface area contributed by atoms with Crippen LogP contribution in [0.3, 0.4) is 0 Å². The smallest absolute Gasteiger partial charge is 0.314 e. The molecular weight excluding hydrogens is 254 g/mol. The first kappa shape index (κ1) is 14.1. The number of fused-ring (bicyclic) bond motifs is 1. The van der Waals surface area contributed by atoms with Crippen LogP contribution < -0.4 is 16.2 Å². The van der Waals surface area contributed by atoms with Gasteiger partial charge in [0.15, 0.2) is 0 Å². The second kappa shape index (κ2) is 6.23. The number of rotatable bonds is 4. The fourth-order valence-electron chi connectivity index (χ4n) is 2.00. The third-order valence-corrected chi connectivity index (χ3v) is 2.93. The van der Waals surface area contributed by atoms with Crippen LogP contribution in [0.1, 0.15) is 19.4 Å². The Morgan fingerprint density at radius 1 is 1.30 bits per heavy atom. The molecule has 1 aromatic carbocycles. The molecular formula is C15H19N3O2. The summed E-state index contributed by atoms with van der Waals surface area (Å²) in [5, 5.41) is 6.47. The van der Waals surface area contributed by atoms with Crippen molar-refractivity contribution in [2.24, 2.45) is 0 Å². The largest absolute Gasteiger partial charge is 0.338 e. The number of nitrogens with one attached hydrogen (secondary N) is 3. The van der Waals surface area contributed by atoms with Crippen molar-refractivity contribution in [1.29, 1.82) is 0 Å². The molecule has 5 nitrogen and oxygen atoms in total. The summed E-state index contributed by atoms with van der Waals surface area (Å²) in [6, 6.07) is 9.39. The van der Waals surface area contributed by atoms with E-state index in [4.69, 9.17) is 0 Å². The number of para-hydroxylation sites is 1. The lowest BCUT2D eigenvalue weighted by molar-refractivity contribution is 0.238. The standard InChI is InChI=1S/C15H19N3O2/c1-10(2)17-15(20)16-8-7-12-9-11-5-3-4-6-13(11)18-14(12)19/h3-6,9-10H,7-8H2,1-2H3,(H,18,19)(H2,16,17,20). The third kappa shape index (κ3) is 3.60. The summed E-state index contributed by atoms with van der Waals surface area (Å²) in [4.78, 5) is 26.2. The number of amides is 2. The van der Waals surface area contributed by atoms with Gasteiger partial charge in [0.1, 0.15) is 0 Å². The SMILES string of the molecule is CC(C)NC(=O)NCCc1cc2ccccc2[nH]c1=O. The maximum atomic E-state index is 11.9. The minimum atomic E-state index is -0.211. The van der Waals surface area contributed by atoms with Crippen molar-refractivity contribution in [2.45, 2.75) is 26.3 Å². The quantitative estimate of drug-likeness (QED) is 0.794. The molecule has 3 N–H and O–H groups in total. The highest BCUT2D eigenvalue weighted by Crippen LogP contribution is 2.09. The first-order chi connectivity index (χ1) is 9.56. The summed E-state index contributed by atoms with van der Waals surface area (Å²) >= 11 is 0. The molecule has 0 bridgehead atoms. The van der Waals surface area contributed by atoms with E-state index in [9.17, 15) is 9.59 Å². The Morgan fingerprint density at radius 3 is 2.80 bits per heavy atom. The zero-order chi connectivity index (χ0) is 14.5. The van der Waals surface area contributed by atoms with Crippen LogP contribution in [-0.4, -0.2) is 23.6 Å². The molecule has 0 unspecified atom stereocenters. The molecule has 2 amide bonds. The molecule has 0 aliphatic carbocycles. The molecule has 0 radical (unpaired) electrons. The van der Waals surface area contributed by atoms with Crippen LogP contribution in [0.5, 0.6) is 0 Å². The highest BCUT2D eigenvalue weighted by molar-refractivity contribution is 5.78. The van der Waals surface area contributed by atoms with Gasteiger partial charge in [0.05, 0.1) is 0 Å². The zero-order valence-corrected chi connectivity index (χ0v) is 11.7. The van der Waals surface area contributed by atoms with Crippen molar-refractivity contribution in [2.75, 3.05) is 6.54 Å². The lowest BCUT2D eigenvalue weighted by atomic mass is 10.1. The number of pyridine rings is 1. The minimum Gasteiger partial charge on any atom is -0.338 e. The van der Waals surface area contributed by atoms with Gasteiger partial charge in [-0.1, -0.05) is 18.2 Å². The Morgan fingerprint density at radius 2 is 2.05 bits per heavy atom. The molecule has 106 valence electrons. The topological polar surface area (TPSA) is 74.0 Å². The molecule has 2 aromatic rings. The van der Waals surface area contributed by atoms with Crippen LogP contribution in [0.25, 0.3) is 10.9 Å². The van der Waals surface area contributed by atoms with Crippen molar-refractivity contribution in [3.8, 4) is 0 Å². The van der Waals surface area contributed by atoms with E-state index in [-0.39, 0.29) is 17.6 Å². The van der Waals surface area contributed by atoms with Gasteiger partial charge < -0.3 is 15.6 Å². The molecule has 0 saturated carbocycles. The molecule has 0 aliphatic rings. The number of urea groups is 1. The maximum absolute atomic E-state index is 11.9. The highest BCUT2D eigenvalue weighted by atomic mass is 16.2. The van der Waals surface area contributed by atoms with Gasteiger partial charge in [-0.25, -0.2) is 4.79 Å². The van der Waals surface area contributed by atoms with Crippen LogP contribution in [0.2, 0.25) is 0 Å². The predicted octanol–water partition coefficient (Wildman–Crippen LogP) is 1.78. The average Bonchev–Trinajstić information content (AvgIpc) is 2.38. The number of hydrogen-bond acceptors (Lipinski definition) is 2. The van der Waals surface area contributed by atoms with E-state index >= 15 is 0 Å². The Balaban J connectivity index is 2.01. The molecule has 0 atom stereocenters. The molecule has 0 fully saturated rings. The average molecular weight is 273 g/mol. The van der Waals surface area contributed by atoms with Gasteiger partial charge in [0.2, 0.25) is 0 Å². The van der Waals surface area contributed by atoms with Crippen LogP contribution in [0, 0.1) is 0 Å². The summed E-state index contributed by atoms with van der Waals surface area (Å²) in [7, 11) is 0. The van der Waals surface area contributed by atoms with Gasteiger partial charge in [0.25, 0.3) is 5.56 Å². The van der Waals surface area contributed by atoms with Gasteiger partial charge in [-0.05, 0) is 37.8 Å². The number of aromatic nitrogens is 1. The summed E-state index contributed by atoms with van der Waals surface area (Å²) < 4.78 is 0. The van der Waals surface area contributed by atoms with E-state index in [0.717, 1.165) is 10.9 Å². The highest BCUT2D eigenvalue weighted by Gasteiger charge is 2.05. The number of hydrogen-bond donors (Lipinski definition) is 3. The summed E-state index contributed by atoms with van der Waals surface area (Å²) in [5.41, 5.74) is 1.40.